The van der Waals surface area contributed by atoms with Gasteiger partial charge in [-0.15, -0.1) is 0 Å². The molecule has 0 aliphatic carbocycles. The average Bonchev–Trinajstić information content (AvgIpc) is 2.26. The van der Waals surface area contributed by atoms with Gasteiger partial charge in [-0.3, -0.25) is 9.11 Å². The summed E-state index contributed by atoms with van der Waals surface area (Å²) >= 11 is 0. The van der Waals surface area contributed by atoms with Crippen molar-refractivity contribution in [2.24, 2.45) is 0 Å². The quantitative estimate of drug-likeness (QED) is 0.693. The average molecular weight is 336 g/mol. The Kier molecular flexibility index (Phi) is 3.67. The highest BCUT2D eigenvalue weighted by atomic mass is 32.3. The molecule has 0 atom stereocenters. The molecule has 0 bridgehead atoms. The van der Waals surface area contributed by atoms with Gasteiger partial charge in [-0.05, 0) is 35.0 Å². The molecule has 0 radical (unpaired) electrons. The van der Waals surface area contributed by atoms with Crippen LogP contribution in [0.5, 0.6) is 17.2 Å². The van der Waals surface area contributed by atoms with Crippen LogP contribution in [0.3, 0.4) is 0 Å². The zero-order valence-electron chi connectivity index (χ0n) is 9.99. The van der Waals surface area contributed by atoms with Crippen LogP contribution < -0.4 is 8.37 Å². The number of phenolic OH excluding ortho intramolecular Hbond substituents is 1. The third kappa shape index (κ3) is 4.19. The first-order valence-corrected chi connectivity index (χ1v) is 7.87. The van der Waals surface area contributed by atoms with Crippen molar-refractivity contribution in [1.82, 2.24) is 0 Å². The van der Waals surface area contributed by atoms with Crippen molar-refractivity contribution in [3.05, 3.63) is 30.3 Å². The van der Waals surface area contributed by atoms with Gasteiger partial charge in [0.1, 0.15) is 5.75 Å². The van der Waals surface area contributed by atoms with Gasteiger partial charge in [0.25, 0.3) is 0 Å². The van der Waals surface area contributed by atoms with E-state index in [2.05, 4.69) is 8.37 Å². The third-order valence-electron chi connectivity index (χ3n) is 2.29. The molecule has 3 N–H and O–H groups in total. The number of hydrogen-bond donors (Lipinski definition) is 3. The first kappa shape index (κ1) is 15.3. The van der Waals surface area contributed by atoms with Crippen molar-refractivity contribution in [2.45, 2.75) is 0 Å². The summed E-state index contributed by atoms with van der Waals surface area (Å²) in [7, 11) is -9.49. The lowest BCUT2D eigenvalue weighted by atomic mass is 10.1. The van der Waals surface area contributed by atoms with E-state index in [1.54, 1.807) is 0 Å². The lowest BCUT2D eigenvalue weighted by Crippen LogP contribution is -2.07. The van der Waals surface area contributed by atoms with Crippen molar-refractivity contribution in [3.63, 3.8) is 0 Å². The van der Waals surface area contributed by atoms with Crippen LogP contribution in [-0.2, 0) is 20.8 Å². The molecular formula is C10H8O9S2. The maximum Gasteiger partial charge on any atom is 0.446 e. The Bertz CT molecular complexity index is 900. The molecule has 9 nitrogen and oxygen atoms in total. The molecule has 0 saturated carbocycles. The molecule has 0 fully saturated rings. The Labute approximate surface area is 119 Å². The summed E-state index contributed by atoms with van der Waals surface area (Å²) in [5, 5.41) is 10.2. The van der Waals surface area contributed by atoms with Gasteiger partial charge in [-0.25, -0.2) is 0 Å². The fraction of sp³-hybridized carbons (Fsp3) is 0. The molecule has 0 aliphatic heterocycles. The van der Waals surface area contributed by atoms with Crippen LogP contribution in [0.25, 0.3) is 10.8 Å². The largest absolute Gasteiger partial charge is 0.504 e. The van der Waals surface area contributed by atoms with Gasteiger partial charge in [0.05, 0.1) is 0 Å². The normalized spacial score (nSPS) is 12.3. The van der Waals surface area contributed by atoms with Crippen LogP contribution in [-0.4, -0.2) is 31.0 Å². The van der Waals surface area contributed by atoms with E-state index in [1.807, 2.05) is 0 Å². The predicted octanol–water partition coefficient (Wildman–Crippen LogP) is 0.909. The highest BCUT2D eigenvalue weighted by Gasteiger charge is 2.14. The smallest absolute Gasteiger partial charge is 0.446 e. The number of aromatic hydroxyl groups is 1. The maximum atomic E-state index is 10.6. The Morgan fingerprint density at radius 2 is 1.43 bits per heavy atom. The number of hydrogen-bond acceptors (Lipinski definition) is 7. The fourth-order valence-electron chi connectivity index (χ4n) is 1.60. The van der Waals surface area contributed by atoms with Gasteiger partial charge >= 0.3 is 20.8 Å². The van der Waals surface area contributed by atoms with Crippen LogP contribution in [0.1, 0.15) is 0 Å². The van der Waals surface area contributed by atoms with Gasteiger partial charge in [0, 0.05) is 0 Å². The van der Waals surface area contributed by atoms with Gasteiger partial charge in [-0.2, -0.15) is 16.8 Å². The van der Waals surface area contributed by atoms with Crippen molar-refractivity contribution in [2.75, 3.05) is 0 Å². The Balaban J connectivity index is 2.49. The van der Waals surface area contributed by atoms with E-state index in [-0.39, 0.29) is 11.1 Å². The fourth-order valence-corrected chi connectivity index (χ4v) is 2.30. The van der Waals surface area contributed by atoms with Gasteiger partial charge in [0.2, 0.25) is 0 Å². The van der Waals surface area contributed by atoms with Gasteiger partial charge < -0.3 is 13.5 Å². The summed E-state index contributed by atoms with van der Waals surface area (Å²) in [5.74, 6) is -1.33. The minimum absolute atomic E-state index is 0.215. The highest BCUT2D eigenvalue weighted by Crippen LogP contribution is 2.33. The topological polar surface area (TPSA) is 147 Å². The van der Waals surface area contributed by atoms with Crippen molar-refractivity contribution < 1.29 is 39.4 Å². The van der Waals surface area contributed by atoms with E-state index in [0.29, 0.717) is 5.39 Å². The van der Waals surface area contributed by atoms with Crippen molar-refractivity contribution in [1.29, 1.82) is 0 Å². The summed E-state index contributed by atoms with van der Waals surface area (Å²) < 4.78 is 67.9. The standard InChI is InChI=1S/C10H8O9S2/c11-9-4-7-3-8(18-20(12,13)14)2-1-6(7)5-10(9)19-21(15,16)17/h1-5,11H,(H,12,13,14)(H,15,16,17). The van der Waals surface area contributed by atoms with E-state index in [0.717, 1.165) is 12.1 Å². The Hall–Kier alpha value is -2.08. The zero-order chi connectivity index (χ0) is 15.8. The lowest BCUT2D eigenvalue weighted by molar-refractivity contribution is 0.371. The van der Waals surface area contributed by atoms with E-state index < -0.39 is 32.3 Å². The molecular weight excluding hydrogens is 328 g/mol. The molecule has 0 heterocycles. The molecule has 0 amide bonds. The van der Waals surface area contributed by atoms with Crippen molar-refractivity contribution in [3.8, 4) is 17.2 Å². The van der Waals surface area contributed by atoms with E-state index in [9.17, 15) is 21.9 Å². The minimum Gasteiger partial charge on any atom is -0.504 e. The SMILES string of the molecule is O=S(=O)(O)Oc1ccc2cc(OS(=O)(=O)O)c(O)cc2c1. The number of phenols is 1. The van der Waals surface area contributed by atoms with Crippen molar-refractivity contribution >= 4 is 31.6 Å². The molecule has 0 aliphatic rings. The molecule has 21 heavy (non-hydrogen) atoms. The summed E-state index contributed by atoms with van der Waals surface area (Å²) in [6.45, 7) is 0. The minimum atomic E-state index is -4.80. The van der Waals surface area contributed by atoms with Crippen LogP contribution >= 0.6 is 0 Å². The van der Waals surface area contributed by atoms with E-state index in [1.165, 1.54) is 18.2 Å². The molecule has 0 aromatic heterocycles. The second-order valence-corrected chi connectivity index (χ2v) is 5.90. The number of benzene rings is 2. The third-order valence-corrected chi connectivity index (χ3v) is 3.08. The molecule has 11 heteroatoms. The van der Waals surface area contributed by atoms with Crippen LogP contribution in [0.4, 0.5) is 0 Å². The molecule has 2 aromatic rings. The van der Waals surface area contributed by atoms with Crippen LogP contribution in [0, 0.1) is 0 Å². The molecule has 0 spiro atoms. The Morgan fingerprint density at radius 1 is 0.810 bits per heavy atom. The highest BCUT2D eigenvalue weighted by molar-refractivity contribution is 7.81. The molecule has 114 valence electrons. The summed E-state index contributed by atoms with van der Waals surface area (Å²) in [5.41, 5.74) is 0. The van der Waals surface area contributed by atoms with E-state index >= 15 is 0 Å². The van der Waals surface area contributed by atoms with E-state index in [4.69, 9.17) is 9.11 Å². The number of fused-ring (bicyclic) bond motifs is 1. The second-order valence-electron chi connectivity index (χ2n) is 3.85. The summed E-state index contributed by atoms with van der Waals surface area (Å²) in [6, 6.07) is 5.86. The lowest BCUT2D eigenvalue weighted by Gasteiger charge is -2.07. The first-order chi connectivity index (χ1) is 9.53. The Morgan fingerprint density at radius 3 is 2.00 bits per heavy atom. The first-order valence-electron chi connectivity index (χ1n) is 5.14. The molecule has 2 rings (SSSR count). The monoisotopic (exact) mass is 336 g/mol. The van der Waals surface area contributed by atoms with Crippen LogP contribution in [0.15, 0.2) is 30.3 Å². The van der Waals surface area contributed by atoms with Crippen LogP contribution in [0.2, 0.25) is 0 Å². The summed E-state index contributed by atoms with van der Waals surface area (Å²) in [4.78, 5) is 0. The number of rotatable bonds is 4. The molecule has 0 saturated heterocycles. The summed E-state index contributed by atoms with van der Waals surface area (Å²) in [6.07, 6.45) is 0. The second kappa shape index (κ2) is 5.04. The molecule has 0 unspecified atom stereocenters. The van der Waals surface area contributed by atoms with Gasteiger partial charge in [-0.1, -0.05) is 6.07 Å². The zero-order valence-corrected chi connectivity index (χ0v) is 11.6. The maximum absolute atomic E-state index is 10.6. The van der Waals surface area contributed by atoms with Gasteiger partial charge in [0.15, 0.2) is 11.5 Å². The predicted molar refractivity (Wildman–Crippen MR) is 70.0 cm³/mol. The molecule has 2 aromatic carbocycles.